The van der Waals surface area contributed by atoms with Gasteiger partial charge >= 0.3 is 0 Å². The molecule has 0 aliphatic carbocycles. The average Bonchev–Trinajstić information content (AvgIpc) is 2.82. The molecule has 10 heteroatoms. The van der Waals surface area contributed by atoms with Gasteiger partial charge in [-0.3, -0.25) is 9.10 Å². The second-order valence-electron chi connectivity index (χ2n) is 7.04. The lowest BCUT2D eigenvalue weighted by Crippen LogP contribution is -2.38. The Morgan fingerprint density at radius 2 is 1.73 bits per heavy atom. The number of fused-ring (bicyclic) bond motifs is 1. The van der Waals surface area contributed by atoms with Gasteiger partial charge in [-0.25, -0.2) is 12.8 Å². The van der Waals surface area contributed by atoms with Crippen LogP contribution in [0.1, 0.15) is 0 Å². The van der Waals surface area contributed by atoms with Gasteiger partial charge in [0.2, 0.25) is 5.91 Å². The van der Waals surface area contributed by atoms with Crippen molar-refractivity contribution in [2.45, 2.75) is 4.90 Å². The van der Waals surface area contributed by atoms with Gasteiger partial charge < -0.3 is 19.5 Å². The van der Waals surface area contributed by atoms with Crippen LogP contribution in [-0.4, -0.2) is 41.2 Å². The molecule has 8 nitrogen and oxygen atoms in total. The van der Waals surface area contributed by atoms with E-state index in [9.17, 15) is 17.6 Å². The Hall–Kier alpha value is -3.79. The second kappa shape index (κ2) is 9.37. The number of benzene rings is 3. The van der Waals surface area contributed by atoms with Crippen molar-refractivity contribution in [2.24, 2.45) is 0 Å². The molecule has 0 fully saturated rings. The van der Waals surface area contributed by atoms with Crippen molar-refractivity contribution in [3.63, 3.8) is 0 Å². The summed E-state index contributed by atoms with van der Waals surface area (Å²) < 4.78 is 57.4. The highest BCUT2D eigenvalue weighted by atomic mass is 32.2. The van der Waals surface area contributed by atoms with Crippen LogP contribution >= 0.6 is 0 Å². The minimum Gasteiger partial charge on any atom is -0.495 e. The molecule has 0 atom stereocenters. The first-order valence-corrected chi connectivity index (χ1v) is 11.4. The Balaban J connectivity index is 1.65. The largest absolute Gasteiger partial charge is 0.495 e. The van der Waals surface area contributed by atoms with Gasteiger partial charge in [0.25, 0.3) is 10.0 Å². The van der Waals surface area contributed by atoms with E-state index in [2.05, 4.69) is 5.32 Å². The van der Waals surface area contributed by atoms with Gasteiger partial charge in [0, 0.05) is 11.8 Å². The molecule has 0 radical (unpaired) electrons. The van der Waals surface area contributed by atoms with E-state index in [1.54, 1.807) is 36.4 Å². The number of nitrogens with zero attached hydrogens (tertiary/aromatic N) is 1. The smallest absolute Gasteiger partial charge is 0.264 e. The molecule has 1 aliphatic rings. The fourth-order valence-corrected chi connectivity index (χ4v) is 4.75. The Kier molecular flexibility index (Phi) is 6.36. The first kappa shape index (κ1) is 22.4. The summed E-state index contributed by atoms with van der Waals surface area (Å²) in [7, 11) is -2.82. The number of halogens is 1. The molecule has 1 amide bonds. The maximum Gasteiger partial charge on any atom is 0.264 e. The van der Waals surface area contributed by atoms with Gasteiger partial charge in [-0.05, 0) is 48.5 Å². The Labute approximate surface area is 190 Å². The molecule has 0 bridgehead atoms. The Morgan fingerprint density at radius 1 is 1.03 bits per heavy atom. The Bertz CT molecular complexity index is 1260. The molecule has 0 saturated carbocycles. The number of para-hydroxylation sites is 2. The van der Waals surface area contributed by atoms with E-state index >= 15 is 0 Å². The zero-order valence-electron chi connectivity index (χ0n) is 17.7. The van der Waals surface area contributed by atoms with Gasteiger partial charge in [-0.2, -0.15) is 0 Å². The van der Waals surface area contributed by atoms with Crippen molar-refractivity contribution < 1.29 is 31.8 Å². The zero-order valence-corrected chi connectivity index (χ0v) is 18.5. The number of nitrogens with one attached hydrogen (secondary N) is 1. The SMILES string of the molecule is COc1ccccc1N(CC(=O)Nc1ccc2c(c1)OCCO2)S(=O)(=O)c1ccc(F)cc1. The molecule has 1 N–H and O–H groups in total. The molecule has 3 aromatic carbocycles. The van der Waals surface area contributed by atoms with Gasteiger partial charge in [-0.15, -0.1) is 0 Å². The summed E-state index contributed by atoms with van der Waals surface area (Å²) in [4.78, 5) is 12.7. The fraction of sp³-hybridized carbons (Fsp3) is 0.174. The lowest BCUT2D eigenvalue weighted by molar-refractivity contribution is -0.114. The summed E-state index contributed by atoms with van der Waals surface area (Å²) in [6.45, 7) is 0.282. The van der Waals surface area contributed by atoms with E-state index < -0.39 is 28.3 Å². The highest BCUT2D eigenvalue weighted by molar-refractivity contribution is 7.92. The molecular weight excluding hydrogens is 451 g/mol. The van der Waals surface area contributed by atoms with Gasteiger partial charge in [0.15, 0.2) is 11.5 Å². The van der Waals surface area contributed by atoms with Crippen molar-refractivity contribution in [3.05, 3.63) is 72.5 Å². The fourth-order valence-electron chi connectivity index (χ4n) is 3.32. The second-order valence-corrected chi connectivity index (χ2v) is 8.91. The number of anilines is 2. The average molecular weight is 472 g/mol. The molecular formula is C23H21FN2O6S. The van der Waals surface area contributed by atoms with Crippen LogP contribution in [0, 0.1) is 5.82 Å². The van der Waals surface area contributed by atoms with Gasteiger partial charge in [-0.1, -0.05) is 12.1 Å². The predicted octanol–water partition coefficient (Wildman–Crippen LogP) is 3.44. The lowest BCUT2D eigenvalue weighted by atomic mass is 10.2. The third kappa shape index (κ3) is 4.85. The van der Waals surface area contributed by atoms with Gasteiger partial charge in [0.05, 0.1) is 17.7 Å². The van der Waals surface area contributed by atoms with E-state index in [0.29, 0.717) is 30.4 Å². The summed E-state index contributed by atoms with van der Waals surface area (Å²) in [6, 6.07) is 15.7. The van der Waals surface area contributed by atoms with E-state index in [-0.39, 0.29) is 16.3 Å². The summed E-state index contributed by atoms with van der Waals surface area (Å²) in [6.07, 6.45) is 0. The van der Waals surface area contributed by atoms with Crippen LogP contribution in [0.15, 0.2) is 71.6 Å². The molecule has 3 aromatic rings. The molecule has 1 aliphatic heterocycles. The van der Waals surface area contributed by atoms with Crippen LogP contribution < -0.4 is 23.8 Å². The van der Waals surface area contributed by atoms with Crippen LogP contribution in [0.2, 0.25) is 0 Å². The molecule has 4 rings (SSSR count). The quantitative estimate of drug-likeness (QED) is 0.566. The zero-order chi connectivity index (χ0) is 23.4. The first-order valence-electron chi connectivity index (χ1n) is 9.99. The highest BCUT2D eigenvalue weighted by Gasteiger charge is 2.29. The van der Waals surface area contributed by atoms with Crippen molar-refractivity contribution in [1.29, 1.82) is 0 Å². The van der Waals surface area contributed by atoms with E-state index in [4.69, 9.17) is 14.2 Å². The number of hydrogen-bond donors (Lipinski definition) is 1. The van der Waals surface area contributed by atoms with Crippen LogP contribution in [0.25, 0.3) is 0 Å². The van der Waals surface area contributed by atoms with E-state index in [0.717, 1.165) is 28.6 Å². The maximum absolute atomic E-state index is 13.4. The summed E-state index contributed by atoms with van der Waals surface area (Å²) in [5.41, 5.74) is 0.588. The number of carbonyl (C=O) groups excluding carboxylic acids is 1. The Morgan fingerprint density at radius 3 is 2.45 bits per heavy atom. The summed E-state index contributed by atoms with van der Waals surface area (Å²) in [5, 5.41) is 2.68. The molecule has 0 aromatic heterocycles. The summed E-state index contributed by atoms with van der Waals surface area (Å²) in [5.74, 6) is 0.140. The standard InChI is InChI=1S/C23H21FN2O6S/c1-30-20-5-3-2-4-19(20)26(33(28,29)18-9-6-16(24)7-10-18)15-23(27)25-17-8-11-21-22(14-17)32-13-12-31-21/h2-11,14H,12-13,15H2,1H3,(H,25,27). The van der Waals surface area contributed by atoms with Crippen LogP contribution in [0.5, 0.6) is 17.2 Å². The molecule has 0 spiro atoms. The molecule has 172 valence electrons. The third-order valence-corrected chi connectivity index (χ3v) is 6.64. The van der Waals surface area contributed by atoms with Crippen molar-refractivity contribution in [1.82, 2.24) is 0 Å². The third-order valence-electron chi connectivity index (χ3n) is 4.87. The number of carbonyl (C=O) groups is 1. The van der Waals surface area contributed by atoms with Crippen LogP contribution in [0.4, 0.5) is 15.8 Å². The minimum absolute atomic E-state index is 0.165. The molecule has 0 saturated heterocycles. The number of hydrogen-bond acceptors (Lipinski definition) is 6. The topological polar surface area (TPSA) is 94.2 Å². The van der Waals surface area contributed by atoms with Crippen LogP contribution in [-0.2, 0) is 14.8 Å². The minimum atomic E-state index is -4.22. The number of methoxy groups -OCH3 is 1. The number of rotatable bonds is 7. The molecule has 0 unspecified atom stereocenters. The van der Waals surface area contributed by atoms with Crippen molar-refractivity contribution in [2.75, 3.05) is 36.5 Å². The number of sulfonamides is 1. The molecule has 1 heterocycles. The monoisotopic (exact) mass is 472 g/mol. The number of amides is 1. The lowest BCUT2D eigenvalue weighted by Gasteiger charge is -2.25. The highest BCUT2D eigenvalue weighted by Crippen LogP contribution is 2.34. The van der Waals surface area contributed by atoms with Crippen molar-refractivity contribution >= 4 is 27.3 Å². The summed E-state index contributed by atoms with van der Waals surface area (Å²) >= 11 is 0. The van der Waals surface area contributed by atoms with E-state index in [1.807, 2.05) is 0 Å². The molecule has 33 heavy (non-hydrogen) atoms. The van der Waals surface area contributed by atoms with Gasteiger partial charge in [0.1, 0.15) is 31.3 Å². The number of ether oxygens (including phenoxy) is 3. The van der Waals surface area contributed by atoms with Crippen LogP contribution in [0.3, 0.4) is 0 Å². The maximum atomic E-state index is 13.4. The normalized spacial score (nSPS) is 12.7. The van der Waals surface area contributed by atoms with E-state index in [1.165, 1.54) is 13.2 Å². The van der Waals surface area contributed by atoms with Crippen molar-refractivity contribution in [3.8, 4) is 17.2 Å². The predicted molar refractivity (Wildman–Crippen MR) is 120 cm³/mol. The first-order chi connectivity index (χ1) is 15.9.